The molecule has 0 saturated heterocycles. The molecule has 2 heterocycles. The van der Waals surface area contributed by atoms with Crippen LogP contribution < -0.4 is 10.0 Å². The van der Waals surface area contributed by atoms with E-state index in [1.807, 2.05) is 33.8 Å². The van der Waals surface area contributed by atoms with E-state index in [-0.39, 0.29) is 5.92 Å². The Morgan fingerprint density at radius 1 is 1.15 bits per heavy atom. The summed E-state index contributed by atoms with van der Waals surface area (Å²) in [5, 5.41) is 15.7. The van der Waals surface area contributed by atoms with Crippen molar-refractivity contribution in [2.45, 2.75) is 38.6 Å². The van der Waals surface area contributed by atoms with Crippen molar-refractivity contribution < 1.29 is 9.28 Å². The first-order valence-electron chi connectivity index (χ1n) is 6.51. The maximum Gasteiger partial charge on any atom is 0.397 e. The van der Waals surface area contributed by atoms with Gasteiger partial charge < -0.3 is 15.1 Å². The summed E-state index contributed by atoms with van der Waals surface area (Å²) in [5.41, 5.74) is 5.33. The van der Waals surface area contributed by atoms with Crippen LogP contribution >= 0.6 is 0 Å². The van der Waals surface area contributed by atoms with Gasteiger partial charge in [-0.2, -0.15) is 0 Å². The molecule has 4 nitrogen and oxygen atoms in total. The first-order chi connectivity index (χ1) is 9.34. The zero-order valence-corrected chi connectivity index (χ0v) is 13.3. The fourth-order valence-corrected chi connectivity index (χ4v) is 3.54. The van der Waals surface area contributed by atoms with Gasteiger partial charge in [-0.05, 0) is 44.9 Å². The molecule has 1 aromatic heterocycles. The van der Waals surface area contributed by atoms with E-state index >= 15 is 0 Å². The zero-order chi connectivity index (χ0) is 15.0. The second-order valence-corrected chi connectivity index (χ2v) is 6.52. The zero-order valence-electron chi connectivity index (χ0n) is 12.5. The number of dihydropyridines is 1. The van der Waals surface area contributed by atoms with Gasteiger partial charge in [-0.25, -0.2) is 0 Å². The largest absolute Gasteiger partial charge is 0.615 e. The van der Waals surface area contributed by atoms with E-state index < -0.39 is 11.2 Å². The first-order valence-corrected chi connectivity index (χ1v) is 8.07. The number of nitrogens with one attached hydrogen (secondary N) is 1. The summed E-state index contributed by atoms with van der Waals surface area (Å²) in [6.07, 6.45) is 2.95. The highest BCUT2D eigenvalue weighted by molar-refractivity contribution is 7.90. The normalized spacial score (nSPS) is 18.3. The molecule has 1 aliphatic rings. The molecule has 1 aromatic rings. The number of pyridine rings is 1. The standard InChI is InChI=1S/C15H20N2O2S/c1-9-11(3)16-12(4)10(2)14(9)13-7-6-8-17(18)15(13)20(5)19/h6-8,14,16H,1-5H3. The molecule has 0 spiro atoms. The van der Waals surface area contributed by atoms with Crippen LogP contribution in [0.15, 0.2) is 45.9 Å². The topological polar surface area (TPSA) is 62.0 Å². The van der Waals surface area contributed by atoms with Gasteiger partial charge in [0.1, 0.15) is 6.26 Å². The third-order valence-corrected chi connectivity index (χ3v) is 4.91. The third kappa shape index (κ3) is 2.43. The molecular formula is C15H20N2O2S. The van der Waals surface area contributed by atoms with Crippen molar-refractivity contribution in [1.29, 1.82) is 0 Å². The number of aromatic nitrogens is 1. The van der Waals surface area contributed by atoms with E-state index in [0.717, 1.165) is 32.8 Å². The second kappa shape index (κ2) is 5.50. The predicted octanol–water partition coefficient (Wildman–Crippen LogP) is 2.33. The summed E-state index contributed by atoms with van der Waals surface area (Å²) in [4.78, 5) is 0. The molecule has 0 aromatic carbocycles. The molecule has 0 radical (unpaired) electrons. The molecule has 2 rings (SSSR count). The van der Waals surface area contributed by atoms with Gasteiger partial charge in [0, 0.05) is 23.4 Å². The Bertz CT molecular complexity index is 582. The van der Waals surface area contributed by atoms with Crippen LogP contribution in [0.1, 0.15) is 39.2 Å². The van der Waals surface area contributed by atoms with Crippen LogP contribution in [0.4, 0.5) is 0 Å². The Kier molecular flexibility index (Phi) is 4.11. The minimum atomic E-state index is -1.32. The fraction of sp³-hybridized carbons (Fsp3) is 0.400. The number of hydrogen-bond acceptors (Lipinski definition) is 3. The predicted molar refractivity (Wildman–Crippen MR) is 80.4 cm³/mol. The van der Waals surface area contributed by atoms with Crippen LogP contribution in [-0.4, -0.2) is 10.8 Å². The lowest BCUT2D eigenvalue weighted by molar-refractivity contribution is -0.647. The van der Waals surface area contributed by atoms with Gasteiger partial charge in [-0.3, -0.25) is 0 Å². The minimum absolute atomic E-state index is 0.0107. The molecule has 108 valence electrons. The average Bonchev–Trinajstić information content (AvgIpc) is 2.36. The monoisotopic (exact) mass is 292 g/mol. The quantitative estimate of drug-likeness (QED) is 0.517. The Morgan fingerprint density at radius 3 is 2.20 bits per heavy atom. The fourth-order valence-electron chi connectivity index (χ4n) is 2.71. The molecule has 20 heavy (non-hydrogen) atoms. The lowest BCUT2D eigenvalue weighted by Gasteiger charge is -2.29. The van der Waals surface area contributed by atoms with Crippen LogP contribution in [0.5, 0.6) is 0 Å². The Hall–Kier alpha value is -1.46. The lowest BCUT2D eigenvalue weighted by atomic mass is 9.83. The third-order valence-electron chi connectivity index (χ3n) is 3.95. The van der Waals surface area contributed by atoms with Crippen molar-refractivity contribution in [3.8, 4) is 0 Å². The van der Waals surface area contributed by atoms with E-state index in [4.69, 9.17) is 0 Å². The molecule has 1 aliphatic heterocycles. The molecule has 1 atom stereocenters. The van der Waals surface area contributed by atoms with E-state index in [9.17, 15) is 9.76 Å². The summed E-state index contributed by atoms with van der Waals surface area (Å²) >= 11 is -1.32. The Labute approximate surface area is 123 Å². The number of allylic oxidation sites excluding steroid dienone is 4. The molecule has 1 N–H and O–H groups in total. The van der Waals surface area contributed by atoms with Crippen molar-refractivity contribution in [2.75, 3.05) is 6.26 Å². The lowest BCUT2D eigenvalue weighted by Crippen LogP contribution is -2.36. The summed E-state index contributed by atoms with van der Waals surface area (Å²) in [6, 6.07) is 3.61. The SMILES string of the molecule is CC1=C(C)C(c2ccc[n+]([O-])c2[S+](C)[O-])C(C)=C(C)N1. The van der Waals surface area contributed by atoms with Crippen LogP contribution in [0.3, 0.4) is 0 Å². The van der Waals surface area contributed by atoms with Gasteiger partial charge in [-0.15, -0.1) is 4.73 Å². The van der Waals surface area contributed by atoms with Gasteiger partial charge in [0.2, 0.25) is 0 Å². The Morgan fingerprint density at radius 2 is 1.70 bits per heavy atom. The number of rotatable bonds is 2. The minimum Gasteiger partial charge on any atom is -0.615 e. The van der Waals surface area contributed by atoms with E-state index in [1.165, 1.54) is 6.20 Å². The maximum atomic E-state index is 12.0. The van der Waals surface area contributed by atoms with Gasteiger partial charge >= 0.3 is 5.03 Å². The van der Waals surface area contributed by atoms with E-state index in [1.54, 1.807) is 12.3 Å². The molecule has 0 aliphatic carbocycles. The smallest absolute Gasteiger partial charge is 0.397 e. The van der Waals surface area contributed by atoms with Gasteiger partial charge in [0.05, 0.1) is 16.7 Å². The number of nitrogens with zero attached hydrogens (tertiary/aromatic N) is 1. The van der Waals surface area contributed by atoms with Crippen LogP contribution in [-0.2, 0) is 11.2 Å². The summed E-state index contributed by atoms with van der Waals surface area (Å²) in [5.74, 6) is 0.0107. The average molecular weight is 292 g/mol. The van der Waals surface area contributed by atoms with Gasteiger partial charge in [-0.1, -0.05) is 0 Å². The first kappa shape index (κ1) is 14.9. The van der Waals surface area contributed by atoms with Crippen molar-refractivity contribution in [2.24, 2.45) is 0 Å². The highest BCUT2D eigenvalue weighted by Crippen LogP contribution is 2.38. The molecule has 0 amide bonds. The molecule has 1 unspecified atom stereocenters. The molecule has 0 fully saturated rings. The Balaban J connectivity index is 2.67. The summed E-state index contributed by atoms with van der Waals surface area (Å²) < 4.78 is 12.7. The van der Waals surface area contributed by atoms with Crippen LogP contribution in [0, 0.1) is 5.21 Å². The van der Waals surface area contributed by atoms with Crippen LogP contribution in [0.25, 0.3) is 0 Å². The number of hydrogen-bond donors (Lipinski definition) is 1. The highest BCUT2D eigenvalue weighted by Gasteiger charge is 2.33. The molecule has 5 heteroatoms. The van der Waals surface area contributed by atoms with Crippen molar-refractivity contribution >= 4 is 11.2 Å². The maximum absolute atomic E-state index is 12.0. The van der Waals surface area contributed by atoms with Crippen molar-refractivity contribution in [1.82, 2.24) is 5.32 Å². The van der Waals surface area contributed by atoms with Crippen molar-refractivity contribution in [3.05, 3.63) is 51.6 Å². The molecule has 0 bridgehead atoms. The van der Waals surface area contributed by atoms with E-state index in [2.05, 4.69) is 5.32 Å². The summed E-state index contributed by atoms with van der Waals surface area (Å²) in [6.45, 7) is 8.14. The summed E-state index contributed by atoms with van der Waals surface area (Å²) in [7, 11) is 0. The highest BCUT2D eigenvalue weighted by atomic mass is 32.2. The van der Waals surface area contributed by atoms with Crippen molar-refractivity contribution in [3.63, 3.8) is 0 Å². The van der Waals surface area contributed by atoms with Crippen LogP contribution in [0.2, 0.25) is 0 Å². The molecule has 0 saturated carbocycles. The van der Waals surface area contributed by atoms with Gasteiger partial charge in [0.25, 0.3) is 0 Å². The van der Waals surface area contributed by atoms with Gasteiger partial charge in [0.15, 0.2) is 6.20 Å². The van der Waals surface area contributed by atoms with E-state index in [0.29, 0.717) is 5.03 Å². The molecular weight excluding hydrogens is 272 g/mol. The second-order valence-electron chi connectivity index (χ2n) is 5.22.